The molecule has 32 heavy (non-hydrogen) atoms. The summed E-state index contributed by atoms with van der Waals surface area (Å²) in [6, 6.07) is 0. The van der Waals surface area contributed by atoms with E-state index in [0.717, 1.165) is 70.9 Å². The first-order valence-electron chi connectivity index (χ1n) is 12.9. The van der Waals surface area contributed by atoms with Gasteiger partial charge in [0.25, 0.3) is 0 Å². The maximum Gasteiger partial charge on any atom is 0.303 e. The van der Waals surface area contributed by atoms with Crippen LogP contribution in [0.1, 0.15) is 122 Å². The molecule has 0 heterocycles. The molecule has 0 bridgehead atoms. The van der Waals surface area contributed by atoms with Crippen LogP contribution in [-0.2, 0) is 14.4 Å². The van der Waals surface area contributed by atoms with Crippen LogP contribution in [0.3, 0.4) is 0 Å². The maximum atomic E-state index is 11.9. The van der Waals surface area contributed by atoms with Gasteiger partial charge in [0, 0.05) is 31.5 Å². The predicted octanol–water partition coefficient (Wildman–Crippen LogP) is 5.90. The van der Waals surface area contributed by atoms with E-state index in [0.29, 0.717) is 18.4 Å². The second-order valence-electron chi connectivity index (χ2n) is 8.94. The molecule has 0 unspecified atom stereocenters. The van der Waals surface area contributed by atoms with Gasteiger partial charge >= 0.3 is 5.97 Å². The standard InChI is InChI=1S/C26H48N2O4/c1-23(2)26(32)28-22-18-14-10-5-3-7-11-15-19-24(29)27-21-17-13-9-6-4-8-12-16-20-25(30)31/h1,3-22H2,2H3,(H,27,29)(H,28,32)(H,30,31). The lowest BCUT2D eigenvalue weighted by atomic mass is 10.1. The number of hydrogen-bond acceptors (Lipinski definition) is 3. The predicted molar refractivity (Wildman–Crippen MR) is 132 cm³/mol. The van der Waals surface area contributed by atoms with E-state index in [4.69, 9.17) is 5.11 Å². The highest BCUT2D eigenvalue weighted by Crippen LogP contribution is 2.11. The molecule has 0 rings (SSSR count). The van der Waals surface area contributed by atoms with E-state index in [1.165, 1.54) is 44.9 Å². The third-order valence-electron chi connectivity index (χ3n) is 5.64. The Bertz CT molecular complexity index is 520. The molecule has 0 saturated heterocycles. The molecule has 0 aliphatic carbocycles. The van der Waals surface area contributed by atoms with Crippen molar-refractivity contribution in [2.75, 3.05) is 13.1 Å². The molecule has 0 aromatic rings. The minimum Gasteiger partial charge on any atom is -0.481 e. The molecule has 0 atom stereocenters. The second kappa shape index (κ2) is 22.3. The van der Waals surface area contributed by atoms with Crippen LogP contribution in [0.5, 0.6) is 0 Å². The molecule has 6 heteroatoms. The number of unbranched alkanes of at least 4 members (excludes halogenated alkanes) is 14. The minimum atomic E-state index is -0.696. The van der Waals surface area contributed by atoms with Crippen LogP contribution in [0.4, 0.5) is 0 Å². The topological polar surface area (TPSA) is 95.5 Å². The lowest BCUT2D eigenvalue weighted by molar-refractivity contribution is -0.137. The Labute approximate surface area is 196 Å². The van der Waals surface area contributed by atoms with Crippen LogP contribution in [0, 0.1) is 0 Å². The zero-order valence-corrected chi connectivity index (χ0v) is 20.5. The minimum absolute atomic E-state index is 0.0488. The van der Waals surface area contributed by atoms with Crippen LogP contribution in [0.15, 0.2) is 12.2 Å². The Kier molecular flexibility index (Phi) is 21.1. The van der Waals surface area contributed by atoms with Gasteiger partial charge in [-0.3, -0.25) is 14.4 Å². The van der Waals surface area contributed by atoms with Gasteiger partial charge in [-0.2, -0.15) is 0 Å². The van der Waals surface area contributed by atoms with Crippen molar-refractivity contribution in [3.63, 3.8) is 0 Å². The second-order valence-corrected chi connectivity index (χ2v) is 8.94. The van der Waals surface area contributed by atoms with Crippen molar-refractivity contribution in [3.8, 4) is 0 Å². The smallest absolute Gasteiger partial charge is 0.303 e. The fourth-order valence-corrected chi connectivity index (χ4v) is 3.60. The monoisotopic (exact) mass is 452 g/mol. The highest BCUT2D eigenvalue weighted by molar-refractivity contribution is 5.91. The Hall–Kier alpha value is -1.85. The summed E-state index contributed by atoms with van der Waals surface area (Å²) in [7, 11) is 0. The summed E-state index contributed by atoms with van der Waals surface area (Å²) >= 11 is 0. The van der Waals surface area contributed by atoms with Crippen LogP contribution in [0.2, 0.25) is 0 Å². The molecular weight excluding hydrogens is 404 g/mol. The molecule has 3 N–H and O–H groups in total. The van der Waals surface area contributed by atoms with Gasteiger partial charge in [-0.05, 0) is 32.6 Å². The van der Waals surface area contributed by atoms with E-state index in [-0.39, 0.29) is 11.8 Å². The van der Waals surface area contributed by atoms with Crippen LogP contribution in [-0.4, -0.2) is 36.0 Å². The molecule has 6 nitrogen and oxygen atoms in total. The molecule has 0 spiro atoms. The van der Waals surface area contributed by atoms with Gasteiger partial charge < -0.3 is 15.7 Å². The first-order valence-corrected chi connectivity index (χ1v) is 12.9. The van der Waals surface area contributed by atoms with Gasteiger partial charge in [-0.15, -0.1) is 0 Å². The van der Waals surface area contributed by atoms with Gasteiger partial charge in [0.2, 0.25) is 11.8 Å². The van der Waals surface area contributed by atoms with E-state index in [9.17, 15) is 14.4 Å². The average Bonchev–Trinajstić information content (AvgIpc) is 2.75. The Morgan fingerprint density at radius 3 is 1.41 bits per heavy atom. The number of amides is 2. The van der Waals surface area contributed by atoms with Crippen LogP contribution < -0.4 is 10.6 Å². The number of carbonyl (C=O) groups is 3. The van der Waals surface area contributed by atoms with Gasteiger partial charge in [-0.25, -0.2) is 0 Å². The quantitative estimate of drug-likeness (QED) is 0.133. The van der Waals surface area contributed by atoms with Crippen molar-refractivity contribution in [3.05, 3.63) is 12.2 Å². The zero-order valence-electron chi connectivity index (χ0n) is 20.5. The summed E-state index contributed by atoms with van der Waals surface area (Å²) in [6.45, 7) is 6.86. The summed E-state index contributed by atoms with van der Waals surface area (Å²) in [5, 5.41) is 14.5. The van der Waals surface area contributed by atoms with Crippen molar-refractivity contribution in [1.29, 1.82) is 0 Å². The highest BCUT2D eigenvalue weighted by Gasteiger charge is 2.02. The number of carboxylic acids is 1. The summed E-state index contributed by atoms with van der Waals surface area (Å²) in [6.07, 6.45) is 18.7. The van der Waals surface area contributed by atoms with Gasteiger partial charge in [-0.1, -0.05) is 83.6 Å². The number of carboxylic acid groups (broad SMARTS) is 1. The Morgan fingerprint density at radius 1 is 0.594 bits per heavy atom. The molecule has 0 aromatic heterocycles. The van der Waals surface area contributed by atoms with Crippen LogP contribution in [0.25, 0.3) is 0 Å². The molecule has 0 radical (unpaired) electrons. The number of rotatable bonds is 23. The fraction of sp³-hybridized carbons (Fsp3) is 0.808. The first kappa shape index (κ1) is 30.1. The van der Waals surface area contributed by atoms with Crippen molar-refractivity contribution in [2.24, 2.45) is 0 Å². The Balaban J connectivity index is 3.23. The van der Waals surface area contributed by atoms with Gasteiger partial charge in [0.15, 0.2) is 0 Å². The normalized spacial score (nSPS) is 10.7. The summed E-state index contributed by atoms with van der Waals surface area (Å²) in [5.74, 6) is -0.564. The molecular formula is C26H48N2O4. The number of aliphatic carboxylic acids is 1. The van der Waals surface area contributed by atoms with Crippen molar-refractivity contribution in [1.82, 2.24) is 10.6 Å². The van der Waals surface area contributed by atoms with Crippen molar-refractivity contribution < 1.29 is 19.5 Å². The highest BCUT2D eigenvalue weighted by atomic mass is 16.4. The van der Waals surface area contributed by atoms with Crippen LogP contribution >= 0.6 is 0 Å². The first-order chi connectivity index (χ1) is 15.4. The van der Waals surface area contributed by atoms with E-state index >= 15 is 0 Å². The van der Waals surface area contributed by atoms with E-state index in [1.807, 2.05) is 0 Å². The third kappa shape index (κ3) is 22.8. The van der Waals surface area contributed by atoms with Crippen molar-refractivity contribution in [2.45, 2.75) is 122 Å². The van der Waals surface area contributed by atoms with E-state index in [1.54, 1.807) is 6.92 Å². The van der Waals surface area contributed by atoms with Crippen molar-refractivity contribution >= 4 is 17.8 Å². The number of hydrogen-bond donors (Lipinski definition) is 3. The van der Waals surface area contributed by atoms with E-state index in [2.05, 4.69) is 17.2 Å². The summed E-state index contributed by atoms with van der Waals surface area (Å²) in [4.78, 5) is 33.6. The summed E-state index contributed by atoms with van der Waals surface area (Å²) < 4.78 is 0. The number of nitrogens with one attached hydrogen (secondary N) is 2. The maximum absolute atomic E-state index is 11.9. The average molecular weight is 453 g/mol. The summed E-state index contributed by atoms with van der Waals surface area (Å²) in [5.41, 5.74) is 0.563. The Morgan fingerprint density at radius 2 is 0.969 bits per heavy atom. The van der Waals surface area contributed by atoms with Gasteiger partial charge in [0.05, 0.1) is 0 Å². The molecule has 0 fully saturated rings. The zero-order chi connectivity index (χ0) is 23.9. The largest absolute Gasteiger partial charge is 0.481 e. The van der Waals surface area contributed by atoms with Gasteiger partial charge in [0.1, 0.15) is 0 Å². The molecule has 0 saturated carbocycles. The third-order valence-corrected chi connectivity index (χ3v) is 5.64. The lowest BCUT2D eigenvalue weighted by Crippen LogP contribution is -2.24. The molecule has 186 valence electrons. The number of carbonyl (C=O) groups excluding carboxylic acids is 2. The molecule has 0 aromatic carbocycles. The molecule has 2 amide bonds. The molecule has 0 aliphatic heterocycles. The lowest BCUT2D eigenvalue weighted by Gasteiger charge is -2.06. The fourth-order valence-electron chi connectivity index (χ4n) is 3.60. The molecule has 0 aliphatic rings. The SMILES string of the molecule is C=C(C)C(=O)NCCCCCCCCCCC(=O)NCCCCCCCCCCC(=O)O. The van der Waals surface area contributed by atoms with E-state index < -0.39 is 5.97 Å².